The fourth-order valence-corrected chi connectivity index (χ4v) is 11.9. The molecule has 2 amide bonds. The van der Waals surface area contributed by atoms with Gasteiger partial charge >= 0.3 is 249 Å². The molecule has 0 aliphatic carbocycles. The Morgan fingerprint density at radius 2 is 0.902 bits per heavy atom. The molecule has 82 heavy (non-hydrogen) atoms. The van der Waals surface area contributed by atoms with Crippen LogP contribution in [0.1, 0.15) is 12.5 Å². The summed E-state index contributed by atoms with van der Waals surface area (Å²) < 4.78 is 113. The van der Waals surface area contributed by atoms with Crippen LogP contribution in [-0.2, 0) is 72.6 Å². The quantitative estimate of drug-likeness (QED) is 0.0267. The van der Waals surface area contributed by atoms with Crippen molar-refractivity contribution in [2.24, 2.45) is 11.5 Å². The van der Waals surface area contributed by atoms with E-state index in [-0.39, 0.29) is 297 Å². The van der Waals surface area contributed by atoms with Gasteiger partial charge in [0.2, 0.25) is 0 Å². The predicted octanol–water partition coefficient (Wildman–Crippen LogP) is -32.9. The van der Waals surface area contributed by atoms with Crippen molar-refractivity contribution in [3.63, 3.8) is 0 Å². The zero-order valence-corrected chi connectivity index (χ0v) is 65.6. The number of nitrogens with two attached hydrogens (primary N) is 4. The van der Waals surface area contributed by atoms with Crippen molar-refractivity contribution in [2.45, 2.75) is 49.1 Å². The minimum Gasteiger partial charge on any atom is -0.790 e. The number of alkyl carbamates (subject to hydrolysis) is 2. The Hall–Kier alpha value is 3.82. The van der Waals surface area contributed by atoms with E-state index in [9.17, 15) is 86.3 Å². The summed E-state index contributed by atoms with van der Waals surface area (Å²) in [6, 6.07) is 0. The molecular weight excluding hydrogens is 1330 g/mol. The first-order valence-electron chi connectivity index (χ1n) is 19.5. The van der Waals surface area contributed by atoms with Gasteiger partial charge in [0.05, 0.1) is 41.5 Å². The molecule has 56 heteroatoms. The van der Waals surface area contributed by atoms with Crippen LogP contribution in [0, 0.1) is 0 Å². The molecule has 6 rings (SSSR count). The average Bonchev–Trinajstić information content (AvgIpc) is 4.03. The van der Waals surface area contributed by atoms with E-state index in [0.717, 1.165) is 25.3 Å². The van der Waals surface area contributed by atoms with Crippen molar-refractivity contribution in [1.82, 2.24) is 49.7 Å². The number of anilines is 2. The zero-order valence-electron chi connectivity index (χ0n) is 44.3. The molecule has 0 spiro atoms. The largest absolute Gasteiger partial charge is 1.00 e. The van der Waals surface area contributed by atoms with Gasteiger partial charge in [-0.05, 0) is 0 Å². The van der Waals surface area contributed by atoms with Gasteiger partial charge in [-0.15, -0.1) is 0 Å². The summed E-state index contributed by atoms with van der Waals surface area (Å²) in [4.78, 5) is 136. The van der Waals surface area contributed by atoms with Gasteiger partial charge in [0.25, 0.3) is 31.3 Å². The van der Waals surface area contributed by atoms with Crippen LogP contribution in [0.25, 0.3) is 22.3 Å². The molecule has 416 valence electrons. The van der Waals surface area contributed by atoms with E-state index in [4.69, 9.17) is 41.9 Å². The maximum absolute atomic E-state index is 12.1. The third-order valence-electron chi connectivity index (χ3n) is 8.85. The number of imidazole rings is 2. The van der Waals surface area contributed by atoms with Crippen LogP contribution in [0.3, 0.4) is 0 Å². The molecule has 2 aliphatic rings. The number of fused-ring (bicyclic) bond motifs is 2. The maximum atomic E-state index is 12.1. The number of amides is 2. The van der Waals surface area contributed by atoms with Crippen molar-refractivity contribution < 1.29 is 368 Å². The Labute approximate surface area is 637 Å². The molecule has 4 aromatic heterocycles. The molecule has 4 aromatic rings. The number of phosphoric ester groups is 2. The first kappa shape index (κ1) is 92.2. The molecule has 0 bridgehead atoms. The van der Waals surface area contributed by atoms with E-state index in [1.807, 2.05) is 0 Å². The smallest absolute Gasteiger partial charge is 0.790 e. The van der Waals surface area contributed by atoms with E-state index in [1.165, 1.54) is 9.13 Å². The molecular formula is C26H36N14Na8O28P6. The molecule has 42 nitrogen and oxygen atoms in total. The van der Waals surface area contributed by atoms with Crippen molar-refractivity contribution in [2.75, 3.05) is 50.9 Å². The molecule has 2 fully saturated rings. The number of nitrogens with zero attached hydrogens (tertiary/aromatic N) is 8. The number of phosphoric acid groups is 6. The normalized spacial score (nSPS) is 23.0. The number of nitrogen functional groups attached to an aromatic ring is 2. The van der Waals surface area contributed by atoms with Crippen molar-refractivity contribution in [3.8, 4) is 0 Å². The van der Waals surface area contributed by atoms with Crippen LogP contribution in [0.2, 0.25) is 0 Å². The van der Waals surface area contributed by atoms with Crippen LogP contribution >= 0.6 is 46.9 Å². The second-order valence-corrected chi connectivity index (χ2v) is 22.5. The molecule has 0 aromatic carbocycles. The number of ether oxygens (including phenoxy) is 4. The van der Waals surface area contributed by atoms with Crippen LogP contribution < -0.4 is 309 Å². The van der Waals surface area contributed by atoms with Gasteiger partial charge in [-0.3, -0.25) is 36.0 Å². The molecule has 2 saturated heterocycles. The minimum absolute atomic E-state index is 0. The Morgan fingerprint density at radius 3 is 1.29 bits per heavy atom. The third kappa shape index (κ3) is 28.6. The molecule has 12 N–H and O–H groups in total. The average molecular weight is 1360 g/mol. The fourth-order valence-electron chi connectivity index (χ4n) is 6.12. The Bertz CT molecular complexity index is 2960. The SMILES string of the molecule is NCCNC(=O)O[C@@H]1[C@H](O)[C@@H](COP(=O)([O-])OP(=O)([O-])OP(=O)([O-])[O-])O[C@H]1n1cnc2c(N)ncnc21.NCCNC(=O)O[C@H]1[C@@H](O)[C@H](n2cnc3c(N)ncnc32)O[C@@H]1COP(=O)([O-])OP(=O)([O-])OP(=O)([O-])[O-].[Na+].[Na+].[Na+].[Na+].[Na+].[Na+].[Na+].[Na+]. The minimum atomic E-state index is -6.22. The first-order valence-corrected chi connectivity index (χ1v) is 28.3. The van der Waals surface area contributed by atoms with Crippen molar-refractivity contribution in [3.05, 3.63) is 25.3 Å². The second kappa shape index (κ2) is 40.2. The molecule has 0 radical (unpaired) electrons. The van der Waals surface area contributed by atoms with Gasteiger partial charge in [-0.2, -0.15) is 0 Å². The number of hydrogen-bond donors (Lipinski definition) is 8. The van der Waals surface area contributed by atoms with Crippen LogP contribution in [0.5, 0.6) is 0 Å². The molecule has 2 aliphatic heterocycles. The third-order valence-corrected chi connectivity index (χ3v) is 16.2. The van der Waals surface area contributed by atoms with Gasteiger partial charge in [-0.1, -0.05) is 0 Å². The number of aliphatic hydroxyl groups excluding tert-OH is 2. The number of nitrogens with one attached hydrogen (secondary N) is 2. The number of rotatable bonds is 22. The Balaban J connectivity index is -0.000000676. The standard InChI is InChI=1S/2C13H22N7O14P3.8Na/c14-1-2-16-13(22)32-9-6(3-30-36(26,27)34-37(28,29)33-35(23,24)25)31-12(8(9)21)20-5-19-7-10(15)17-4-18-11(7)20;14-1-2-16-13(22)32-9-8(21)6(3-30-36(26,27)34-37(28,29)33-35(23,24)25)31-12(9)20-5-19-7-10(15)17-4-18-11(7)20;;;;;;;;/h2*4-6,8-9,12,21H,1-3,14H2,(H,16,22)(H,26,27)(H,28,29)(H2,15,17,18)(H2,23,24,25);;;;;;;;/q;;8*+1/p-8/t2*6-,8-,9-,12-;;;;;;;;/m11......../s1. The predicted molar refractivity (Wildman–Crippen MR) is 216 cm³/mol. The number of carbonyl (C=O) groups is 2. The number of hydrogen-bond acceptors (Lipinski definition) is 38. The summed E-state index contributed by atoms with van der Waals surface area (Å²) >= 11 is 0. The summed E-state index contributed by atoms with van der Waals surface area (Å²) in [6.07, 6.45) is -10.4. The summed E-state index contributed by atoms with van der Waals surface area (Å²) in [5.41, 5.74) is 22.4. The second-order valence-electron chi connectivity index (χ2n) is 14.0. The molecule has 0 saturated carbocycles. The van der Waals surface area contributed by atoms with E-state index in [0.29, 0.717) is 0 Å². The van der Waals surface area contributed by atoms with Gasteiger partial charge in [0.15, 0.2) is 47.6 Å². The summed E-state index contributed by atoms with van der Waals surface area (Å²) in [5.74, 6) is -0.0331. The summed E-state index contributed by atoms with van der Waals surface area (Å²) in [6.45, 7) is -2.21. The van der Waals surface area contributed by atoms with E-state index >= 15 is 0 Å². The van der Waals surface area contributed by atoms with Crippen LogP contribution in [-0.4, -0.2) is 137 Å². The molecule has 4 unspecified atom stereocenters. The van der Waals surface area contributed by atoms with E-state index in [2.05, 4.69) is 66.8 Å². The summed E-state index contributed by atoms with van der Waals surface area (Å²) in [7, 11) is -36.6. The van der Waals surface area contributed by atoms with Crippen molar-refractivity contribution in [1.29, 1.82) is 0 Å². The Morgan fingerprint density at radius 1 is 0.537 bits per heavy atom. The van der Waals surface area contributed by atoms with Gasteiger partial charge < -0.3 is 120 Å². The Kier molecular flexibility index (Phi) is 45.2. The van der Waals surface area contributed by atoms with E-state index in [1.54, 1.807) is 0 Å². The van der Waals surface area contributed by atoms with Gasteiger partial charge in [-0.25, -0.2) is 48.1 Å². The molecule has 6 heterocycles. The topological polar surface area (TPSA) is 669 Å². The van der Waals surface area contributed by atoms with Crippen LogP contribution in [0.4, 0.5) is 21.2 Å². The number of aliphatic hydroxyl groups is 2. The van der Waals surface area contributed by atoms with E-state index < -0.39 is 121 Å². The number of carbonyl (C=O) groups excluding carboxylic acids is 2. The monoisotopic (exact) mass is 1360 g/mol. The van der Waals surface area contributed by atoms with Gasteiger partial charge in [0, 0.05) is 26.2 Å². The summed E-state index contributed by atoms with van der Waals surface area (Å²) in [5, 5.41) is 26.0. The first-order chi connectivity index (χ1) is 34.2. The van der Waals surface area contributed by atoms with Crippen LogP contribution in [0.15, 0.2) is 25.3 Å². The maximum Gasteiger partial charge on any atom is 1.00 e. The van der Waals surface area contributed by atoms with Crippen molar-refractivity contribution >= 4 is 93.1 Å². The number of aromatic nitrogens is 8. The van der Waals surface area contributed by atoms with Gasteiger partial charge in [0.1, 0.15) is 48.1 Å². The zero-order chi connectivity index (χ0) is 55.2. The fraction of sp³-hybridized carbons (Fsp3) is 0.538. The molecule has 12 atom stereocenters.